The monoisotopic (exact) mass is 361 g/mol. The number of ether oxygens (including phenoxy) is 2. The molecule has 1 N–H and O–H groups in total. The van der Waals surface area contributed by atoms with E-state index in [-0.39, 0.29) is 5.91 Å². The number of rotatable bonds is 9. The standard InChI is InChI=1S/C23H23NO3/c25-23(24-18-19-8-3-1-4-9-19)20-12-14-22(15-13-20)27-17-7-16-26-21-10-5-2-6-11-21/h1-6,8-15H,7,16-18H2,(H,24,25). The molecule has 0 heterocycles. The Balaban J connectivity index is 1.37. The molecule has 0 aromatic heterocycles. The second kappa shape index (κ2) is 10.0. The van der Waals surface area contributed by atoms with Gasteiger partial charge in [0.2, 0.25) is 0 Å². The van der Waals surface area contributed by atoms with E-state index in [1.54, 1.807) is 12.1 Å². The second-order valence-electron chi connectivity index (χ2n) is 6.06. The van der Waals surface area contributed by atoms with Gasteiger partial charge in [-0.2, -0.15) is 0 Å². The topological polar surface area (TPSA) is 47.6 Å². The van der Waals surface area contributed by atoms with Gasteiger partial charge in [-0.05, 0) is 42.0 Å². The Morgan fingerprint density at radius 2 is 1.26 bits per heavy atom. The molecule has 0 aliphatic carbocycles. The minimum atomic E-state index is -0.0957. The molecule has 4 nitrogen and oxygen atoms in total. The molecular formula is C23H23NO3. The minimum absolute atomic E-state index is 0.0957. The molecular weight excluding hydrogens is 338 g/mol. The number of hydrogen-bond donors (Lipinski definition) is 1. The molecule has 0 saturated carbocycles. The molecule has 3 aromatic carbocycles. The maximum Gasteiger partial charge on any atom is 0.251 e. The summed E-state index contributed by atoms with van der Waals surface area (Å²) < 4.78 is 11.3. The predicted octanol–water partition coefficient (Wildman–Crippen LogP) is 4.46. The number of hydrogen-bond acceptors (Lipinski definition) is 3. The molecule has 0 saturated heterocycles. The molecule has 0 aliphatic rings. The maximum absolute atomic E-state index is 12.2. The number of benzene rings is 3. The Bertz CT molecular complexity index is 817. The first-order valence-corrected chi connectivity index (χ1v) is 9.04. The summed E-state index contributed by atoms with van der Waals surface area (Å²) in [6, 6.07) is 26.7. The molecule has 0 radical (unpaired) electrons. The van der Waals surface area contributed by atoms with E-state index in [0.29, 0.717) is 25.3 Å². The van der Waals surface area contributed by atoms with Gasteiger partial charge in [-0.1, -0.05) is 48.5 Å². The summed E-state index contributed by atoms with van der Waals surface area (Å²) in [5.74, 6) is 1.51. The lowest BCUT2D eigenvalue weighted by Gasteiger charge is -2.09. The number of para-hydroxylation sites is 1. The average Bonchev–Trinajstić information content (AvgIpc) is 2.74. The normalized spacial score (nSPS) is 10.2. The van der Waals surface area contributed by atoms with Crippen LogP contribution in [0.5, 0.6) is 11.5 Å². The maximum atomic E-state index is 12.2. The van der Waals surface area contributed by atoms with Crippen molar-refractivity contribution in [2.45, 2.75) is 13.0 Å². The number of carbonyl (C=O) groups excluding carboxylic acids is 1. The summed E-state index contributed by atoms with van der Waals surface area (Å²) in [6.45, 7) is 1.68. The van der Waals surface area contributed by atoms with Crippen molar-refractivity contribution < 1.29 is 14.3 Å². The fraction of sp³-hybridized carbons (Fsp3) is 0.174. The molecule has 1 amide bonds. The van der Waals surface area contributed by atoms with Crippen LogP contribution in [0.1, 0.15) is 22.3 Å². The van der Waals surface area contributed by atoms with Crippen molar-refractivity contribution in [3.8, 4) is 11.5 Å². The van der Waals surface area contributed by atoms with Crippen molar-refractivity contribution in [2.24, 2.45) is 0 Å². The van der Waals surface area contributed by atoms with E-state index in [1.165, 1.54) is 0 Å². The van der Waals surface area contributed by atoms with E-state index >= 15 is 0 Å². The van der Waals surface area contributed by atoms with Gasteiger partial charge in [0.1, 0.15) is 11.5 Å². The molecule has 27 heavy (non-hydrogen) atoms. The third-order valence-corrected chi connectivity index (χ3v) is 3.98. The summed E-state index contributed by atoms with van der Waals surface area (Å²) >= 11 is 0. The van der Waals surface area contributed by atoms with Crippen LogP contribution in [0, 0.1) is 0 Å². The summed E-state index contributed by atoms with van der Waals surface area (Å²) in [5, 5.41) is 2.91. The first-order valence-electron chi connectivity index (χ1n) is 9.04. The van der Waals surface area contributed by atoms with Crippen LogP contribution in [0.4, 0.5) is 0 Å². The highest BCUT2D eigenvalue weighted by Gasteiger charge is 2.05. The molecule has 4 heteroatoms. The molecule has 0 bridgehead atoms. The summed E-state index contributed by atoms with van der Waals surface area (Å²) in [7, 11) is 0. The van der Waals surface area contributed by atoms with Gasteiger partial charge in [0.25, 0.3) is 5.91 Å². The third kappa shape index (κ3) is 6.19. The fourth-order valence-electron chi connectivity index (χ4n) is 2.54. The Morgan fingerprint density at radius 3 is 1.89 bits per heavy atom. The first kappa shape index (κ1) is 18.5. The van der Waals surface area contributed by atoms with Gasteiger partial charge in [-0.15, -0.1) is 0 Å². The summed E-state index contributed by atoms with van der Waals surface area (Å²) in [6.07, 6.45) is 0.786. The van der Waals surface area contributed by atoms with Gasteiger partial charge in [-0.25, -0.2) is 0 Å². The first-order chi connectivity index (χ1) is 13.3. The van der Waals surface area contributed by atoms with Crippen LogP contribution in [0.3, 0.4) is 0 Å². The number of amides is 1. The number of nitrogens with one attached hydrogen (secondary N) is 1. The molecule has 0 unspecified atom stereocenters. The molecule has 3 rings (SSSR count). The zero-order chi connectivity index (χ0) is 18.7. The van der Waals surface area contributed by atoms with Gasteiger partial charge in [-0.3, -0.25) is 4.79 Å². The molecule has 138 valence electrons. The Hall–Kier alpha value is -3.27. The summed E-state index contributed by atoms with van der Waals surface area (Å²) in [5.41, 5.74) is 1.69. The van der Waals surface area contributed by atoms with Crippen LogP contribution >= 0.6 is 0 Å². The molecule has 0 aliphatic heterocycles. The SMILES string of the molecule is O=C(NCc1ccccc1)c1ccc(OCCCOc2ccccc2)cc1. The van der Waals surface area contributed by atoms with Gasteiger partial charge in [0, 0.05) is 18.5 Å². The largest absolute Gasteiger partial charge is 0.493 e. The molecule has 0 atom stereocenters. The summed E-state index contributed by atoms with van der Waals surface area (Å²) in [4.78, 5) is 12.2. The van der Waals surface area contributed by atoms with Crippen molar-refractivity contribution >= 4 is 5.91 Å². The van der Waals surface area contributed by atoms with Gasteiger partial charge in [0.05, 0.1) is 13.2 Å². The highest BCUT2D eigenvalue weighted by atomic mass is 16.5. The average molecular weight is 361 g/mol. The van der Waals surface area contributed by atoms with Crippen LogP contribution < -0.4 is 14.8 Å². The van der Waals surface area contributed by atoms with Crippen molar-refractivity contribution in [3.05, 3.63) is 96.1 Å². The van der Waals surface area contributed by atoms with E-state index in [9.17, 15) is 4.79 Å². The van der Waals surface area contributed by atoms with Crippen molar-refractivity contribution in [1.82, 2.24) is 5.32 Å². The lowest BCUT2D eigenvalue weighted by molar-refractivity contribution is 0.0951. The van der Waals surface area contributed by atoms with Crippen LogP contribution in [0.25, 0.3) is 0 Å². The predicted molar refractivity (Wildman–Crippen MR) is 106 cm³/mol. The van der Waals surface area contributed by atoms with Gasteiger partial charge < -0.3 is 14.8 Å². The van der Waals surface area contributed by atoms with E-state index < -0.39 is 0 Å². The van der Waals surface area contributed by atoms with Crippen LogP contribution in [-0.4, -0.2) is 19.1 Å². The fourth-order valence-corrected chi connectivity index (χ4v) is 2.54. The smallest absolute Gasteiger partial charge is 0.251 e. The third-order valence-electron chi connectivity index (χ3n) is 3.98. The lowest BCUT2D eigenvalue weighted by atomic mass is 10.2. The van der Waals surface area contributed by atoms with Crippen LogP contribution in [0.2, 0.25) is 0 Å². The minimum Gasteiger partial charge on any atom is -0.493 e. The van der Waals surface area contributed by atoms with E-state index in [4.69, 9.17) is 9.47 Å². The Morgan fingerprint density at radius 1 is 0.704 bits per heavy atom. The zero-order valence-electron chi connectivity index (χ0n) is 15.1. The number of carbonyl (C=O) groups is 1. The zero-order valence-corrected chi connectivity index (χ0v) is 15.1. The van der Waals surface area contributed by atoms with Crippen molar-refractivity contribution in [3.63, 3.8) is 0 Å². The molecule has 3 aromatic rings. The van der Waals surface area contributed by atoms with E-state index in [1.807, 2.05) is 72.8 Å². The van der Waals surface area contributed by atoms with Crippen LogP contribution in [-0.2, 0) is 6.54 Å². The highest BCUT2D eigenvalue weighted by molar-refractivity contribution is 5.94. The van der Waals surface area contributed by atoms with E-state index in [2.05, 4.69) is 5.32 Å². The molecule has 0 spiro atoms. The lowest BCUT2D eigenvalue weighted by Crippen LogP contribution is -2.22. The Kier molecular flexibility index (Phi) is 6.87. The van der Waals surface area contributed by atoms with Crippen molar-refractivity contribution in [2.75, 3.05) is 13.2 Å². The van der Waals surface area contributed by atoms with Crippen LogP contribution in [0.15, 0.2) is 84.9 Å². The van der Waals surface area contributed by atoms with Gasteiger partial charge >= 0.3 is 0 Å². The molecule has 0 fully saturated rings. The quantitative estimate of drug-likeness (QED) is 0.572. The second-order valence-corrected chi connectivity index (χ2v) is 6.06. The van der Waals surface area contributed by atoms with Gasteiger partial charge in [0.15, 0.2) is 0 Å². The van der Waals surface area contributed by atoms with Crippen molar-refractivity contribution in [1.29, 1.82) is 0 Å². The highest BCUT2D eigenvalue weighted by Crippen LogP contribution is 2.13. The van der Waals surface area contributed by atoms with E-state index in [0.717, 1.165) is 23.5 Å². The Labute approximate surface area is 159 Å².